The standard InChI is InChI=1S/C21H22N2O4S/c1-15-5-4-7-17(11-15)22-19(24)13-28-14-21(26)27-12-20(25)23-10-9-16-6-2-3-8-18(16)23/h2-8,11H,9-10,12-14H2,1H3,(H,22,24). The van der Waals surface area contributed by atoms with Gasteiger partial charge in [0.2, 0.25) is 5.91 Å². The fourth-order valence-electron chi connectivity index (χ4n) is 3.01. The summed E-state index contributed by atoms with van der Waals surface area (Å²) in [7, 11) is 0. The third-order valence-corrected chi connectivity index (χ3v) is 5.21. The van der Waals surface area contributed by atoms with Crippen LogP contribution in [0.5, 0.6) is 0 Å². The molecule has 0 saturated heterocycles. The van der Waals surface area contributed by atoms with Crippen molar-refractivity contribution in [1.29, 1.82) is 0 Å². The van der Waals surface area contributed by atoms with Crippen LogP contribution in [-0.4, -0.2) is 42.4 Å². The normalized spacial score (nSPS) is 12.4. The van der Waals surface area contributed by atoms with Crippen LogP contribution in [-0.2, 0) is 25.5 Å². The lowest BCUT2D eigenvalue weighted by molar-refractivity contribution is -0.145. The highest BCUT2D eigenvalue weighted by atomic mass is 32.2. The Bertz CT molecular complexity index is 884. The number of esters is 1. The fourth-order valence-corrected chi connectivity index (χ4v) is 3.62. The highest BCUT2D eigenvalue weighted by Gasteiger charge is 2.24. The second kappa shape index (κ2) is 9.41. The monoisotopic (exact) mass is 398 g/mol. The van der Waals surface area contributed by atoms with E-state index in [1.807, 2.05) is 55.5 Å². The fraction of sp³-hybridized carbons (Fsp3) is 0.286. The summed E-state index contributed by atoms with van der Waals surface area (Å²) in [6.45, 7) is 2.26. The molecule has 0 aliphatic carbocycles. The number of hydrogen-bond donors (Lipinski definition) is 1. The van der Waals surface area contributed by atoms with E-state index >= 15 is 0 Å². The van der Waals surface area contributed by atoms with Crippen molar-refractivity contribution in [3.05, 3.63) is 59.7 Å². The second-order valence-corrected chi connectivity index (χ2v) is 7.48. The Hall–Kier alpha value is -2.80. The molecule has 6 nitrogen and oxygen atoms in total. The topological polar surface area (TPSA) is 75.7 Å². The Morgan fingerprint density at radius 1 is 1.11 bits per heavy atom. The molecule has 0 radical (unpaired) electrons. The van der Waals surface area contributed by atoms with Crippen LogP contribution < -0.4 is 10.2 Å². The zero-order chi connectivity index (χ0) is 19.9. The molecule has 2 aromatic carbocycles. The number of carbonyl (C=O) groups is 3. The summed E-state index contributed by atoms with van der Waals surface area (Å²) in [6, 6.07) is 15.2. The van der Waals surface area contributed by atoms with E-state index in [-0.39, 0.29) is 29.9 Å². The number of ether oxygens (including phenoxy) is 1. The van der Waals surface area contributed by atoms with Crippen molar-refractivity contribution in [1.82, 2.24) is 0 Å². The molecule has 0 atom stereocenters. The highest BCUT2D eigenvalue weighted by molar-refractivity contribution is 8.00. The molecular weight excluding hydrogens is 376 g/mol. The van der Waals surface area contributed by atoms with Crippen LogP contribution in [0.3, 0.4) is 0 Å². The van der Waals surface area contributed by atoms with Gasteiger partial charge >= 0.3 is 5.97 Å². The lowest BCUT2D eigenvalue weighted by Gasteiger charge is -2.17. The number of fused-ring (bicyclic) bond motifs is 1. The number of hydrogen-bond acceptors (Lipinski definition) is 5. The van der Waals surface area contributed by atoms with Crippen molar-refractivity contribution in [2.75, 3.05) is 34.9 Å². The Kier molecular flexibility index (Phi) is 6.71. The van der Waals surface area contributed by atoms with Crippen molar-refractivity contribution in [3.63, 3.8) is 0 Å². The highest BCUT2D eigenvalue weighted by Crippen LogP contribution is 2.27. The summed E-state index contributed by atoms with van der Waals surface area (Å²) < 4.78 is 5.06. The first-order valence-corrected chi connectivity index (χ1v) is 10.2. The molecule has 2 amide bonds. The summed E-state index contributed by atoms with van der Waals surface area (Å²) in [4.78, 5) is 37.7. The molecule has 0 bridgehead atoms. The van der Waals surface area contributed by atoms with E-state index in [0.29, 0.717) is 6.54 Å². The number of thioether (sulfide) groups is 1. The molecule has 3 rings (SSSR count). The zero-order valence-corrected chi connectivity index (χ0v) is 16.5. The lowest BCUT2D eigenvalue weighted by atomic mass is 10.2. The molecule has 7 heteroatoms. The van der Waals surface area contributed by atoms with Gasteiger partial charge in [0.05, 0.1) is 11.5 Å². The number of aryl methyl sites for hydroxylation is 1. The summed E-state index contributed by atoms with van der Waals surface area (Å²) in [5.41, 5.74) is 3.78. The molecule has 1 aliphatic rings. The van der Waals surface area contributed by atoms with Gasteiger partial charge in [-0.25, -0.2) is 0 Å². The molecule has 0 aromatic heterocycles. The van der Waals surface area contributed by atoms with Gasteiger partial charge in [0.1, 0.15) is 0 Å². The van der Waals surface area contributed by atoms with Gasteiger partial charge in [0, 0.05) is 17.9 Å². The summed E-state index contributed by atoms with van der Waals surface area (Å²) in [6.07, 6.45) is 0.807. The molecule has 1 aliphatic heterocycles. The Morgan fingerprint density at radius 2 is 1.93 bits per heavy atom. The predicted octanol–water partition coefficient (Wildman–Crippen LogP) is 2.80. The maximum absolute atomic E-state index is 12.3. The zero-order valence-electron chi connectivity index (χ0n) is 15.6. The first-order chi connectivity index (χ1) is 13.5. The summed E-state index contributed by atoms with van der Waals surface area (Å²) >= 11 is 1.15. The first-order valence-electron chi connectivity index (χ1n) is 9.01. The Morgan fingerprint density at radius 3 is 2.75 bits per heavy atom. The van der Waals surface area contributed by atoms with Gasteiger partial charge in [-0.2, -0.15) is 0 Å². The van der Waals surface area contributed by atoms with Crippen LogP contribution in [0, 0.1) is 6.92 Å². The molecular formula is C21H22N2O4S. The van der Waals surface area contributed by atoms with Gasteiger partial charge in [-0.15, -0.1) is 11.8 Å². The smallest absolute Gasteiger partial charge is 0.316 e. The van der Waals surface area contributed by atoms with Crippen LogP contribution >= 0.6 is 11.8 Å². The third-order valence-electron chi connectivity index (χ3n) is 4.30. The molecule has 2 aromatic rings. The Labute approximate surface area is 168 Å². The van der Waals surface area contributed by atoms with Gasteiger partial charge in [0.15, 0.2) is 6.61 Å². The van der Waals surface area contributed by atoms with E-state index < -0.39 is 5.97 Å². The molecule has 0 spiro atoms. The molecule has 0 unspecified atom stereocenters. The predicted molar refractivity (Wildman–Crippen MR) is 111 cm³/mol. The van der Waals surface area contributed by atoms with E-state index in [9.17, 15) is 14.4 Å². The van der Waals surface area contributed by atoms with Crippen molar-refractivity contribution in [2.24, 2.45) is 0 Å². The van der Waals surface area contributed by atoms with Crippen LogP contribution in [0.4, 0.5) is 11.4 Å². The average Bonchev–Trinajstić information content (AvgIpc) is 3.10. The van der Waals surface area contributed by atoms with Gasteiger partial charge in [-0.3, -0.25) is 14.4 Å². The lowest BCUT2D eigenvalue weighted by Crippen LogP contribution is -2.33. The Balaban J connectivity index is 1.36. The third kappa shape index (κ3) is 5.36. The quantitative estimate of drug-likeness (QED) is 0.726. The molecule has 146 valence electrons. The molecule has 1 N–H and O–H groups in total. The number of nitrogens with one attached hydrogen (secondary N) is 1. The number of para-hydroxylation sites is 1. The number of carbonyl (C=O) groups excluding carboxylic acids is 3. The van der Waals surface area contributed by atoms with Crippen molar-refractivity contribution in [2.45, 2.75) is 13.3 Å². The van der Waals surface area contributed by atoms with Gasteiger partial charge in [0.25, 0.3) is 5.91 Å². The van der Waals surface area contributed by atoms with Crippen molar-refractivity contribution >= 4 is 40.9 Å². The minimum atomic E-state index is -0.505. The van der Waals surface area contributed by atoms with Crippen LogP contribution in [0.2, 0.25) is 0 Å². The second-order valence-electron chi connectivity index (χ2n) is 6.50. The van der Waals surface area contributed by atoms with Crippen LogP contribution in [0.1, 0.15) is 11.1 Å². The van der Waals surface area contributed by atoms with Crippen molar-refractivity contribution < 1.29 is 19.1 Å². The number of benzene rings is 2. The van der Waals surface area contributed by atoms with Crippen LogP contribution in [0.15, 0.2) is 48.5 Å². The first kappa shape index (κ1) is 19.9. The number of amides is 2. The van der Waals surface area contributed by atoms with Gasteiger partial charge in [-0.1, -0.05) is 30.3 Å². The number of rotatable bonds is 7. The molecule has 0 saturated carbocycles. The largest absolute Gasteiger partial charge is 0.455 e. The minimum Gasteiger partial charge on any atom is -0.455 e. The number of nitrogens with zero attached hydrogens (tertiary/aromatic N) is 1. The van der Waals surface area contributed by atoms with E-state index in [1.54, 1.807) is 4.90 Å². The summed E-state index contributed by atoms with van der Waals surface area (Å²) in [5, 5.41) is 2.78. The summed E-state index contributed by atoms with van der Waals surface area (Å²) in [5.74, 6) is -0.774. The van der Waals surface area contributed by atoms with Gasteiger partial charge < -0.3 is 15.0 Å². The molecule has 0 fully saturated rings. The van der Waals surface area contributed by atoms with Gasteiger partial charge in [-0.05, 0) is 42.7 Å². The molecule has 1 heterocycles. The van der Waals surface area contributed by atoms with E-state index in [4.69, 9.17) is 4.74 Å². The van der Waals surface area contributed by atoms with E-state index in [0.717, 1.165) is 40.7 Å². The van der Waals surface area contributed by atoms with Crippen molar-refractivity contribution in [3.8, 4) is 0 Å². The maximum atomic E-state index is 12.3. The van der Waals surface area contributed by atoms with E-state index in [1.165, 1.54) is 0 Å². The average molecular weight is 398 g/mol. The SMILES string of the molecule is Cc1cccc(NC(=O)CSCC(=O)OCC(=O)N2CCc3ccccc32)c1. The maximum Gasteiger partial charge on any atom is 0.316 e. The minimum absolute atomic E-state index is 0.0190. The van der Waals surface area contributed by atoms with Crippen LogP contribution in [0.25, 0.3) is 0 Å². The molecule has 28 heavy (non-hydrogen) atoms. The number of anilines is 2. The van der Waals surface area contributed by atoms with E-state index in [2.05, 4.69) is 5.32 Å².